The lowest BCUT2D eigenvalue weighted by Gasteiger charge is -2.40. The molecule has 17 nitrogen and oxygen atoms in total. The second-order valence-electron chi connectivity index (χ2n) is 21.3. The van der Waals surface area contributed by atoms with E-state index in [2.05, 4.69) is 0 Å². The number of aryl methyl sites for hydroxylation is 1. The van der Waals surface area contributed by atoms with Gasteiger partial charge in [0.2, 0.25) is 11.8 Å². The zero-order valence-corrected chi connectivity index (χ0v) is 42.8. The summed E-state index contributed by atoms with van der Waals surface area (Å²) >= 11 is 0. The lowest BCUT2D eigenvalue weighted by Crippen LogP contribution is -2.53. The number of cyclic esters (lactones) is 1. The maximum Gasteiger partial charge on any atom is 0.415 e. The van der Waals surface area contributed by atoms with Crippen LogP contribution in [0.4, 0.5) is 4.79 Å². The number of carbonyl (C=O) groups is 6. The Hall–Kier alpha value is -6.10. The molecule has 0 aliphatic carbocycles. The Morgan fingerprint density at radius 2 is 1.42 bits per heavy atom. The summed E-state index contributed by atoms with van der Waals surface area (Å²) in [5.41, 5.74) is -1.43. The SMILES string of the molecule is CCc1ccc(OC(=O)N2CCN(C(=O)CCCCCCCC/C=C/C(=O)N3CCC(C(=O)OC(C)(C)C)(C(=O)OC(C)(C)C)CC3)CC2)c2cc3c(nc12)-c1cc2c(c(=O)n1C3)COC(=O)[C@]2(O)CC. The first kappa shape index (κ1) is 52.7. The van der Waals surface area contributed by atoms with Crippen molar-refractivity contribution in [2.75, 3.05) is 39.3 Å². The maximum atomic E-state index is 13.7. The number of likely N-dealkylation sites (tertiary alicyclic amines) is 1. The third-order valence-corrected chi connectivity index (χ3v) is 14.0. The zero-order valence-electron chi connectivity index (χ0n) is 42.8. The number of hydrogen-bond acceptors (Lipinski definition) is 13. The summed E-state index contributed by atoms with van der Waals surface area (Å²) in [4.78, 5) is 103. The van der Waals surface area contributed by atoms with Crippen molar-refractivity contribution < 1.29 is 52.8 Å². The van der Waals surface area contributed by atoms with E-state index >= 15 is 0 Å². The number of rotatable bonds is 15. The number of nitrogens with zero attached hydrogens (tertiary/aromatic N) is 5. The molecule has 4 aliphatic heterocycles. The van der Waals surface area contributed by atoms with Gasteiger partial charge in [-0.1, -0.05) is 51.7 Å². The molecule has 2 fully saturated rings. The number of aliphatic hydroxyl groups is 1. The Kier molecular flexibility index (Phi) is 15.8. The number of piperazine rings is 1. The van der Waals surface area contributed by atoms with E-state index < -0.39 is 46.2 Å². The van der Waals surface area contributed by atoms with Gasteiger partial charge in [-0.2, -0.15) is 0 Å². The molecule has 1 atom stereocenters. The lowest BCUT2D eigenvalue weighted by molar-refractivity contribution is -0.189. The van der Waals surface area contributed by atoms with Gasteiger partial charge >= 0.3 is 24.0 Å². The predicted molar refractivity (Wildman–Crippen MR) is 264 cm³/mol. The van der Waals surface area contributed by atoms with Gasteiger partial charge in [0, 0.05) is 62.2 Å². The van der Waals surface area contributed by atoms with Gasteiger partial charge in [-0.3, -0.25) is 24.0 Å². The molecule has 0 saturated carbocycles. The van der Waals surface area contributed by atoms with Crippen LogP contribution in [0.3, 0.4) is 0 Å². The van der Waals surface area contributed by atoms with E-state index in [9.17, 15) is 38.7 Å². The van der Waals surface area contributed by atoms with E-state index in [1.807, 2.05) is 25.1 Å². The van der Waals surface area contributed by atoms with Crippen LogP contribution in [0.15, 0.2) is 41.2 Å². The summed E-state index contributed by atoms with van der Waals surface area (Å²) < 4.78 is 24.1. The standard InChI is InChI=1S/C54H71N5O12/c1-9-35-21-22-41(37-31-36-33-59-40(45(36)55-44(35)37)32-39-38(46(59)62)34-68-49(65)54(39,67)10-2)69-50(66)58-29-27-57(28-30-58)43(61)20-18-16-14-12-11-13-15-17-19-42(60)56-25-23-53(24-26-56,47(63)70-51(3,4)5)48(64)71-52(6,7)8/h17,19,21-22,31-32,67H,9-16,18,20,23-30,33-34H2,1-8H3/b19-17+/t54-/m0/s1. The van der Waals surface area contributed by atoms with E-state index in [0.717, 1.165) is 56.1 Å². The van der Waals surface area contributed by atoms with Crippen molar-refractivity contribution in [1.82, 2.24) is 24.3 Å². The van der Waals surface area contributed by atoms with Crippen molar-refractivity contribution in [3.05, 3.63) is 69.0 Å². The molecule has 0 unspecified atom stereocenters. The molecule has 6 heterocycles. The molecule has 0 radical (unpaired) electrons. The highest BCUT2D eigenvalue weighted by atomic mass is 16.6. The molecule has 3 amide bonds. The molecular formula is C54H71N5O12. The normalized spacial score (nSPS) is 18.7. The molecule has 1 aromatic carbocycles. The number of ether oxygens (including phenoxy) is 4. The first-order valence-electron chi connectivity index (χ1n) is 25.4. The molecular weight excluding hydrogens is 911 g/mol. The van der Waals surface area contributed by atoms with Gasteiger partial charge in [-0.25, -0.2) is 14.6 Å². The van der Waals surface area contributed by atoms with Gasteiger partial charge < -0.3 is 43.3 Å². The number of pyridine rings is 2. The number of aromatic nitrogens is 2. The Bertz CT molecular complexity index is 2610. The van der Waals surface area contributed by atoms with Crippen molar-refractivity contribution in [3.63, 3.8) is 0 Å². The molecule has 4 aliphatic rings. The highest BCUT2D eigenvalue weighted by molar-refractivity contribution is 6.01. The molecule has 384 valence electrons. The predicted octanol–water partition coefficient (Wildman–Crippen LogP) is 7.25. The Morgan fingerprint density at radius 1 is 0.803 bits per heavy atom. The Balaban J connectivity index is 0.814. The molecule has 2 saturated heterocycles. The molecule has 3 aromatic rings. The average molecular weight is 982 g/mol. The molecule has 17 heteroatoms. The third kappa shape index (κ3) is 11.5. The maximum absolute atomic E-state index is 13.7. The van der Waals surface area contributed by atoms with Crippen LogP contribution in [0.1, 0.15) is 148 Å². The van der Waals surface area contributed by atoms with Crippen LogP contribution >= 0.6 is 0 Å². The third-order valence-electron chi connectivity index (χ3n) is 14.0. The fourth-order valence-electron chi connectivity index (χ4n) is 9.81. The van der Waals surface area contributed by atoms with Crippen molar-refractivity contribution in [2.24, 2.45) is 5.41 Å². The molecule has 2 aromatic heterocycles. The summed E-state index contributed by atoms with van der Waals surface area (Å²) in [6.07, 6.45) is 10.8. The number of fused-ring (bicyclic) bond motifs is 5. The number of hydrogen-bond donors (Lipinski definition) is 1. The minimum Gasteiger partial charge on any atom is -0.459 e. The largest absolute Gasteiger partial charge is 0.459 e. The van der Waals surface area contributed by atoms with Gasteiger partial charge in [0.25, 0.3) is 5.56 Å². The molecule has 1 N–H and O–H groups in total. The number of unbranched alkanes of at least 4 members (excludes halogenated alkanes) is 6. The first-order valence-corrected chi connectivity index (χ1v) is 25.4. The van der Waals surface area contributed by atoms with E-state index in [-0.39, 0.29) is 74.0 Å². The molecule has 7 rings (SSSR count). The zero-order chi connectivity index (χ0) is 51.5. The second-order valence-corrected chi connectivity index (χ2v) is 21.3. The number of amides is 3. The first-order chi connectivity index (χ1) is 33.6. The number of esters is 3. The van der Waals surface area contributed by atoms with Crippen LogP contribution in [0.2, 0.25) is 0 Å². The van der Waals surface area contributed by atoms with Gasteiger partial charge in [-0.15, -0.1) is 0 Å². The topological polar surface area (TPSA) is 204 Å². The van der Waals surface area contributed by atoms with E-state index in [1.165, 1.54) is 0 Å². The van der Waals surface area contributed by atoms with Crippen LogP contribution in [0.25, 0.3) is 22.3 Å². The van der Waals surface area contributed by atoms with Crippen LogP contribution in [0.5, 0.6) is 5.75 Å². The van der Waals surface area contributed by atoms with E-state index in [0.29, 0.717) is 67.1 Å². The summed E-state index contributed by atoms with van der Waals surface area (Å²) in [6.45, 7) is 16.2. The van der Waals surface area contributed by atoms with E-state index in [1.54, 1.807) is 85.9 Å². The summed E-state index contributed by atoms with van der Waals surface area (Å²) in [5, 5.41) is 11.9. The van der Waals surface area contributed by atoms with Gasteiger partial charge in [0.05, 0.1) is 29.0 Å². The highest BCUT2D eigenvalue weighted by Crippen LogP contribution is 2.41. The monoisotopic (exact) mass is 982 g/mol. The van der Waals surface area contributed by atoms with Gasteiger partial charge in [0.1, 0.15) is 23.6 Å². The number of allylic oxidation sites excluding steroid dienone is 1. The summed E-state index contributed by atoms with van der Waals surface area (Å²) in [7, 11) is 0. The molecule has 0 spiro atoms. The van der Waals surface area contributed by atoms with E-state index in [4.69, 9.17) is 23.9 Å². The number of carbonyl (C=O) groups excluding carboxylic acids is 6. The minimum atomic E-state index is -1.93. The molecule has 0 bridgehead atoms. The van der Waals surface area contributed by atoms with Crippen LogP contribution in [-0.4, -0.2) is 116 Å². The van der Waals surface area contributed by atoms with Crippen LogP contribution in [0, 0.1) is 5.41 Å². The quantitative estimate of drug-likeness (QED) is 0.0410. The van der Waals surface area contributed by atoms with Crippen LogP contribution in [-0.2, 0) is 63.4 Å². The Morgan fingerprint density at radius 3 is 2.04 bits per heavy atom. The lowest BCUT2D eigenvalue weighted by atomic mass is 9.78. The van der Waals surface area contributed by atoms with Gasteiger partial charge in [0.15, 0.2) is 11.0 Å². The fourth-order valence-corrected chi connectivity index (χ4v) is 9.81. The summed E-state index contributed by atoms with van der Waals surface area (Å²) in [5.74, 6) is -1.74. The second kappa shape index (κ2) is 21.3. The number of piperidine rings is 1. The van der Waals surface area contributed by atoms with Crippen molar-refractivity contribution in [3.8, 4) is 17.1 Å². The van der Waals surface area contributed by atoms with Crippen molar-refractivity contribution >= 4 is 46.7 Å². The van der Waals surface area contributed by atoms with Gasteiger partial charge in [-0.05, 0) is 116 Å². The van der Waals surface area contributed by atoms with Crippen molar-refractivity contribution in [1.29, 1.82) is 0 Å². The Labute approximate surface area is 415 Å². The summed E-state index contributed by atoms with van der Waals surface area (Å²) in [6, 6.07) is 7.21. The highest BCUT2D eigenvalue weighted by Gasteiger charge is 2.53. The van der Waals surface area contributed by atoms with Crippen LogP contribution < -0.4 is 10.3 Å². The average Bonchev–Trinajstić information content (AvgIpc) is 3.69. The minimum absolute atomic E-state index is 0.0455. The van der Waals surface area contributed by atoms with Crippen molar-refractivity contribution in [2.45, 2.75) is 162 Å². The smallest absolute Gasteiger partial charge is 0.415 e. The number of benzene rings is 1. The fraction of sp³-hybridized carbons (Fsp3) is 0.593. The molecule has 71 heavy (non-hydrogen) atoms.